The molecule has 0 spiro atoms. The van der Waals surface area contributed by atoms with Crippen LogP contribution in [0.1, 0.15) is 91.7 Å². The van der Waals surface area contributed by atoms with E-state index in [1.54, 1.807) is 0 Å². The van der Waals surface area contributed by atoms with Crippen LogP contribution in [-0.2, 0) is 26.5 Å². The Morgan fingerprint density at radius 3 is 2.31 bits per heavy atom. The molecule has 1 aromatic rings. The van der Waals surface area contributed by atoms with Gasteiger partial charge in [0, 0.05) is 31.2 Å². The highest BCUT2D eigenvalue weighted by Crippen LogP contribution is 2.34. The maximum Gasteiger partial charge on any atom is 0.222 e. The summed E-state index contributed by atoms with van der Waals surface area (Å²) in [7, 11) is -3.21. The van der Waals surface area contributed by atoms with Crippen molar-refractivity contribution in [2.75, 3.05) is 18.6 Å². The molecule has 1 amide bonds. The van der Waals surface area contributed by atoms with Gasteiger partial charge in [0.2, 0.25) is 5.91 Å². The number of hydrogen-bond acceptors (Lipinski definition) is 7. The summed E-state index contributed by atoms with van der Waals surface area (Å²) in [6.45, 7) is 15.0. The molecule has 0 bridgehead atoms. The molecule has 5 N–H and O–H groups in total. The van der Waals surface area contributed by atoms with Crippen molar-refractivity contribution >= 4 is 15.7 Å². The van der Waals surface area contributed by atoms with Crippen molar-refractivity contribution in [3.05, 3.63) is 29.3 Å². The minimum absolute atomic E-state index is 0.0109. The van der Waals surface area contributed by atoms with E-state index in [9.17, 15) is 23.4 Å². The maximum absolute atomic E-state index is 12.3. The van der Waals surface area contributed by atoms with E-state index < -0.39 is 28.3 Å². The van der Waals surface area contributed by atoms with Crippen LogP contribution in [0.4, 0.5) is 0 Å². The second-order valence-electron chi connectivity index (χ2n) is 12.5. The fraction of sp³-hybridized carbons (Fsp3) is 0.767. The van der Waals surface area contributed by atoms with Crippen molar-refractivity contribution in [3.8, 4) is 5.75 Å². The fourth-order valence-electron chi connectivity index (χ4n) is 4.54. The minimum atomic E-state index is -3.21. The van der Waals surface area contributed by atoms with Crippen LogP contribution < -0.4 is 15.8 Å². The first kappa shape index (κ1) is 35.3. The molecule has 0 aliphatic carbocycles. The highest BCUT2D eigenvalue weighted by atomic mass is 32.2. The van der Waals surface area contributed by atoms with Gasteiger partial charge in [-0.1, -0.05) is 67.0 Å². The number of amides is 1. The summed E-state index contributed by atoms with van der Waals surface area (Å²) < 4.78 is 28.9. The van der Waals surface area contributed by atoms with E-state index in [2.05, 4.69) is 52.9 Å². The first-order valence-electron chi connectivity index (χ1n) is 14.3. The van der Waals surface area contributed by atoms with Crippen molar-refractivity contribution in [1.29, 1.82) is 0 Å². The van der Waals surface area contributed by atoms with Gasteiger partial charge in [0.25, 0.3) is 0 Å². The van der Waals surface area contributed by atoms with Gasteiger partial charge in [-0.05, 0) is 60.1 Å². The lowest BCUT2D eigenvalue weighted by Crippen LogP contribution is -2.41. The molecule has 0 saturated heterocycles. The molecule has 0 fully saturated rings. The topological polar surface area (TPSA) is 139 Å². The minimum Gasteiger partial charge on any atom is -0.465 e. The third-order valence-electron chi connectivity index (χ3n) is 7.23. The Hall–Kier alpha value is -1.68. The Labute approximate surface area is 237 Å². The number of aliphatic hydroxyl groups excluding tert-OH is 2. The zero-order valence-corrected chi connectivity index (χ0v) is 26.2. The lowest BCUT2D eigenvalue weighted by molar-refractivity contribution is -0.125. The molecule has 0 aliphatic rings. The molecule has 1 aromatic carbocycles. The number of ether oxygens (including phenoxy) is 1. The lowest BCUT2D eigenvalue weighted by Gasteiger charge is -2.29. The Morgan fingerprint density at radius 2 is 1.77 bits per heavy atom. The van der Waals surface area contributed by atoms with Crippen molar-refractivity contribution in [2.45, 2.75) is 111 Å². The number of unbranched alkanes of at least 4 members (excludes halogenated alkanes) is 1. The second kappa shape index (κ2) is 15.9. The molecule has 39 heavy (non-hydrogen) atoms. The van der Waals surface area contributed by atoms with E-state index in [-0.39, 0.29) is 35.3 Å². The van der Waals surface area contributed by atoms with Crippen LogP contribution in [0.2, 0.25) is 0 Å². The summed E-state index contributed by atoms with van der Waals surface area (Å²) in [5, 5.41) is 24.1. The summed E-state index contributed by atoms with van der Waals surface area (Å²) in [6.07, 6.45) is 2.65. The number of sulfone groups is 1. The highest BCUT2D eigenvalue weighted by molar-refractivity contribution is 7.90. The van der Waals surface area contributed by atoms with Crippen LogP contribution in [0, 0.1) is 17.8 Å². The van der Waals surface area contributed by atoms with E-state index in [1.165, 1.54) is 0 Å². The summed E-state index contributed by atoms with van der Waals surface area (Å²) >= 11 is 0. The zero-order valence-electron chi connectivity index (χ0n) is 25.4. The van der Waals surface area contributed by atoms with Crippen LogP contribution in [0.25, 0.3) is 0 Å². The van der Waals surface area contributed by atoms with Crippen molar-refractivity contribution in [1.82, 2.24) is 5.32 Å². The van der Waals surface area contributed by atoms with E-state index in [1.807, 2.05) is 19.1 Å². The standard InChI is InChI=1S/C30H54N2O6S/c1-9-10-14-32-29(35)21(4)16-26(33)25(31)19-23(20(2)3)17-22-11-12-24(30(5,6)7)27(18-22)38-28(34)13-15-39(8,36)37/h11-12,18,20-21,23,25-26,28,33-34H,9-10,13-17,19,31H2,1-8H3,(H,32,35)/t21-,23+,25+,26+,28+/m1/s1. The monoisotopic (exact) mass is 570 g/mol. The summed E-state index contributed by atoms with van der Waals surface area (Å²) in [5.41, 5.74) is 8.13. The Kier molecular flexibility index (Phi) is 14.4. The van der Waals surface area contributed by atoms with E-state index in [0.717, 1.165) is 30.2 Å². The smallest absolute Gasteiger partial charge is 0.222 e. The van der Waals surface area contributed by atoms with Gasteiger partial charge < -0.3 is 26.0 Å². The first-order chi connectivity index (χ1) is 17.9. The summed E-state index contributed by atoms with van der Waals surface area (Å²) in [5.74, 6) is 0.472. The van der Waals surface area contributed by atoms with E-state index >= 15 is 0 Å². The predicted molar refractivity (Wildman–Crippen MR) is 158 cm³/mol. The van der Waals surface area contributed by atoms with Crippen LogP contribution in [-0.4, -0.2) is 61.5 Å². The van der Waals surface area contributed by atoms with Gasteiger partial charge >= 0.3 is 0 Å². The summed E-state index contributed by atoms with van der Waals surface area (Å²) in [6, 6.07) is 5.50. The van der Waals surface area contributed by atoms with Gasteiger partial charge in [-0.25, -0.2) is 8.42 Å². The van der Waals surface area contributed by atoms with Crippen LogP contribution in [0.3, 0.4) is 0 Å². The second-order valence-corrected chi connectivity index (χ2v) is 14.8. The number of aliphatic hydroxyl groups is 2. The zero-order chi connectivity index (χ0) is 30.0. The molecule has 0 unspecified atom stereocenters. The largest absolute Gasteiger partial charge is 0.465 e. The molecule has 226 valence electrons. The molecular formula is C30H54N2O6S. The van der Waals surface area contributed by atoms with E-state index in [4.69, 9.17) is 10.5 Å². The molecular weight excluding hydrogens is 516 g/mol. The van der Waals surface area contributed by atoms with Gasteiger partial charge in [-0.2, -0.15) is 0 Å². The van der Waals surface area contributed by atoms with Crippen molar-refractivity contribution < 1.29 is 28.2 Å². The molecule has 0 aromatic heterocycles. The maximum atomic E-state index is 12.3. The molecule has 0 radical (unpaired) electrons. The number of rotatable bonds is 17. The average molecular weight is 571 g/mol. The normalized spacial score (nSPS) is 16.4. The van der Waals surface area contributed by atoms with Gasteiger partial charge in [0.1, 0.15) is 15.6 Å². The number of benzene rings is 1. The number of hydrogen-bond donors (Lipinski definition) is 4. The SMILES string of the molecule is CCCCNC(=O)[C@H](C)C[C@H](O)[C@@H](N)C[C@H](Cc1ccc(C(C)(C)C)c(O[C@H](O)CCS(C)(=O)=O)c1)C(C)C. The Bertz CT molecular complexity index is 990. The quantitative estimate of drug-likeness (QED) is 0.164. The molecule has 0 heterocycles. The predicted octanol–water partition coefficient (Wildman–Crippen LogP) is 3.95. The molecule has 5 atom stereocenters. The molecule has 8 nitrogen and oxygen atoms in total. The molecule has 0 aliphatic heterocycles. The molecule has 9 heteroatoms. The number of carbonyl (C=O) groups is 1. The number of nitrogens with one attached hydrogen (secondary N) is 1. The van der Waals surface area contributed by atoms with Gasteiger partial charge in [0.15, 0.2) is 6.29 Å². The van der Waals surface area contributed by atoms with Crippen molar-refractivity contribution in [3.63, 3.8) is 0 Å². The molecule has 0 saturated carbocycles. The highest BCUT2D eigenvalue weighted by Gasteiger charge is 2.27. The number of nitrogens with two attached hydrogens (primary N) is 1. The average Bonchev–Trinajstić information content (AvgIpc) is 2.81. The van der Waals surface area contributed by atoms with Gasteiger partial charge in [-0.3, -0.25) is 4.79 Å². The Morgan fingerprint density at radius 1 is 1.13 bits per heavy atom. The Balaban J connectivity index is 2.97. The third kappa shape index (κ3) is 13.5. The number of carbonyl (C=O) groups excluding carboxylic acids is 1. The van der Waals surface area contributed by atoms with Gasteiger partial charge in [-0.15, -0.1) is 0 Å². The lowest BCUT2D eigenvalue weighted by atomic mass is 9.81. The van der Waals surface area contributed by atoms with Crippen LogP contribution in [0.5, 0.6) is 5.75 Å². The van der Waals surface area contributed by atoms with Gasteiger partial charge in [0.05, 0.1) is 11.9 Å². The summed E-state index contributed by atoms with van der Waals surface area (Å²) in [4.78, 5) is 12.3. The first-order valence-corrected chi connectivity index (χ1v) is 16.4. The van der Waals surface area contributed by atoms with Crippen LogP contribution >= 0.6 is 0 Å². The fourth-order valence-corrected chi connectivity index (χ4v) is 5.17. The van der Waals surface area contributed by atoms with Crippen molar-refractivity contribution in [2.24, 2.45) is 23.5 Å². The van der Waals surface area contributed by atoms with Crippen LogP contribution in [0.15, 0.2) is 18.2 Å². The third-order valence-corrected chi connectivity index (χ3v) is 8.21. The molecule has 1 rings (SSSR count). The van der Waals surface area contributed by atoms with E-state index in [0.29, 0.717) is 37.5 Å².